The van der Waals surface area contributed by atoms with E-state index in [0.29, 0.717) is 26.1 Å². The maximum Gasteiger partial charge on any atom is 0.242 e. The highest BCUT2D eigenvalue weighted by molar-refractivity contribution is 5.84. The lowest BCUT2D eigenvalue weighted by molar-refractivity contribution is -0.132. The summed E-state index contributed by atoms with van der Waals surface area (Å²) in [6.45, 7) is 2.65. The Morgan fingerprint density at radius 1 is 1.48 bits per heavy atom. The molecule has 0 aromatic heterocycles. The third-order valence-corrected chi connectivity index (χ3v) is 5.04. The van der Waals surface area contributed by atoms with Gasteiger partial charge in [0.25, 0.3) is 0 Å². The predicted octanol–water partition coefficient (Wildman–Crippen LogP) is 1.06. The number of likely N-dealkylation sites (tertiary alicyclic amines) is 1. The SMILES string of the molecule is CO[C@@H]1CN(C(=O)CNC(C)=O)C[C@]12C[C@H](c1cccc(F)c1)CO2. The zero-order valence-corrected chi connectivity index (χ0v) is 14.5. The van der Waals surface area contributed by atoms with Crippen LogP contribution in [-0.4, -0.2) is 61.8 Å². The second-order valence-electron chi connectivity index (χ2n) is 6.74. The van der Waals surface area contributed by atoms with E-state index in [4.69, 9.17) is 9.47 Å². The number of benzene rings is 1. The molecule has 0 radical (unpaired) electrons. The highest BCUT2D eigenvalue weighted by atomic mass is 19.1. The molecule has 2 fully saturated rings. The van der Waals surface area contributed by atoms with Crippen LogP contribution >= 0.6 is 0 Å². The second-order valence-corrected chi connectivity index (χ2v) is 6.74. The normalized spacial score (nSPS) is 28.5. The molecule has 25 heavy (non-hydrogen) atoms. The number of hydrogen-bond donors (Lipinski definition) is 1. The van der Waals surface area contributed by atoms with Gasteiger partial charge in [0.1, 0.15) is 17.5 Å². The molecule has 0 saturated carbocycles. The fourth-order valence-electron chi connectivity index (χ4n) is 3.76. The number of nitrogens with one attached hydrogen (secondary N) is 1. The van der Waals surface area contributed by atoms with E-state index < -0.39 is 5.60 Å². The van der Waals surface area contributed by atoms with Gasteiger partial charge in [-0.3, -0.25) is 9.59 Å². The first-order valence-corrected chi connectivity index (χ1v) is 8.38. The maximum atomic E-state index is 13.5. The van der Waals surface area contributed by atoms with E-state index >= 15 is 0 Å². The number of nitrogens with zero attached hydrogens (tertiary/aromatic N) is 1. The predicted molar refractivity (Wildman–Crippen MR) is 88.5 cm³/mol. The smallest absolute Gasteiger partial charge is 0.242 e. The minimum atomic E-state index is -0.586. The zero-order chi connectivity index (χ0) is 18.0. The van der Waals surface area contributed by atoms with Crippen LogP contribution in [0.15, 0.2) is 24.3 Å². The molecule has 0 unspecified atom stereocenters. The van der Waals surface area contributed by atoms with Crippen molar-refractivity contribution in [1.29, 1.82) is 0 Å². The Morgan fingerprint density at radius 3 is 2.96 bits per heavy atom. The largest absolute Gasteiger partial charge is 0.377 e. The number of carbonyl (C=O) groups is 2. The first-order valence-electron chi connectivity index (χ1n) is 8.38. The molecule has 7 heteroatoms. The first kappa shape index (κ1) is 17.8. The second kappa shape index (κ2) is 7.09. The number of halogens is 1. The molecule has 1 spiro atoms. The summed E-state index contributed by atoms with van der Waals surface area (Å²) in [6.07, 6.45) is 0.422. The molecule has 1 N–H and O–H groups in total. The van der Waals surface area contributed by atoms with Gasteiger partial charge in [0.2, 0.25) is 11.8 Å². The lowest BCUT2D eigenvalue weighted by Crippen LogP contribution is -2.43. The van der Waals surface area contributed by atoms with Gasteiger partial charge < -0.3 is 19.7 Å². The summed E-state index contributed by atoms with van der Waals surface area (Å²) in [4.78, 5) is 25.0. The molecule has 2 heterocycles. The van der Waals surface area contributed by atoms with Crippen LogP contribution in [0.25, 0.3) is 0 Å². The molecule has 0 aliphatic carbocycles. The summed E-state index contributed by atoms with van der Waals surface area (Å²) < 4.78 is 25.2. The molecule has 3 rings (SSSR count). The Hall–Kier alpha value is -1.99. The van der Waals surface area contributed by atoms with Crippen molar-refractivity contribution in [1.82, 2.24) is 10.2 Å². The number of amides is 2. The van der Waals surface area contributed by atoms with Crippen LogP contribution in [0, 0.1) is 5.82 Å². The third kappa shape index (κ3) is 3.67. The molecule has 3 atom stereocenters. The summed E-state index contributed by atoms with van der Waals surface area (Å²) in [5.41, 5.74) is 0.312. The van der Waals surface area contributed by atoms with Gasteiger partial charge in [-0.2, -0.15) is 0 Å². The number of methoxy groups -OCH3 is 1. The summed E-state index contributed by atoms with van der Waals surface area (Å²) in [5, 5.41) is 2.52. The van der Waals surface area contributed by atoms with E-state index in [9.17, 15) is 14.0 Å². The van der Waals surface area contributed by atoms with Gasteiger partial charge in [0.05, 0.1) is 19.7 Å². The van der Waals surface area contributed by atoms with E-state index in [1.807, 2.05) is 6.07 Å². The van der Waals surface area contributed by atoms with Crippen LogP contribution in [-0.2, 0) is 19.1 Å². The van der Waals surface area contributed by atoms with Crippen molar-refractivity contribution in [3.8, 4) is 0 Å². The Balaban J connectivity index is 1.70. The lowest BCUT2D eigenvalue weighted by Gasteiger charge is -2.28. The monoisotopic (exact) mass is 350 g/mol. The molecular formula is C18H23FN2O4. The zero-order valence-electron chi connectivity index (χ0n) is 14.5. The van der Waals surface area contributed by atoms with Crippen molar-refractivity contribution in [2.75, 3.05) is 33.4 Å². The molecule has 0 bridgehead atoms. The van der Waals surface area contributed by atoms with Gasteiger partial charge in [0, 0.05) is 26.5 Å². The van der Waals surface area contributed by atoms with Crippen LogP contribution in [0.2, 0.25) is 0 Å². The van der Waals surface area contributed by atoms with Gasteiger partial charge in [-0.25, -0.2) is 4.39 Å². The molecule has 2 aliphatic rings. The van der Waals surface area contributed by atoms with E-state index in [-0.39, 0.29) is 36.2 Å². The Bertz CT molecular complexity index is 668. The minimum Gasteiger partial charge on any atom is -0.377 e. The quantitative estimate of drug-likeness (QED) is 0.882. The average molecular weight is 350 g/mol. The van der Waals surface area contributed by atoms with Crippen LogP contribution in [0.5, 0.6) is 0 Å². The number of ether oxygens (including phenoxy) is 2. The Labute approximate surface area is 146 Å². The Kier molecular flexibility index (Phi) is 5.06. The molecule has 6 nitrogen and oxygen atoms in total. The summed E-state index contributed by atoms with van der Waals surface area (Å²) in [7, 11) is 1.60. The minimum absolute atomic E-state index is 0.0326. The number of carbonyl (C=O) groups excluding carboxylic acids is 2. The molecular weight excluding hydrogens is 327 g/mol. The highest BCUT2D eigenvalue weighted by Gasteiger charge is 2.54. The molecule has 2 saturated heterocycles. The van der Waals surface area contributed by atoms with Gasteiger partial charge in [-0.1, -0.05) is 12.1 Å². The van der Waals surface area contributed by atoms with E-state index in [0.717, 1.165) is 5.56 Å². The van der Waals surface area contributed by atoms with Crippen molar-refractivity contribution >= 4 is 11.8 Å². The molecule has 2 amide bonds. The van der Waals surface area contributed by atoms with Crippen LogP contribution < -0.4 is 5.32 Å². The highest BCUT2D eigenvalue weighted by Crippen LogP contribution is 2.43. The van der Waals surface area contributed by atoms with Gasteiger partial charge in [-0.05, 0) is 24.1 Å². The van der Waals surface area contributed by atoms with Gasteiger partial charge >= 0.3 is 0 Å². The van der Waals surface area contributed by atoms with Gasteiger partial charge in [-0.15, -0.1) is 0 Å². The van der Waals surface area contributed by atoms with Crippen molar-refractivity contribution < 1.29 is 23.5 Å². The van der Waals surface area contributed by atoms with Gasteiger partial charge in [0.15, 0.2) is 0 Å². The lowest BCUT2D eigenvalue weighted by atomic mass is 9.87. The third-order valence-electron chi connectivity index (χ3n) is 5.04. The van der Waals surface area contributed by atoms with Crippen molar-refractivity contribution in [2.45, 2.75) is 31.0 Å². The van der Waals surface area contributed by atoms with Crippen LogP contribution in [0.4, 0.5) is 4.39 Å². The summed E-state index contributed by atoms with van der Waals surface area (Å²) in [6, 6.07) is 6.54. The van der Waals surface area contributed by atoms with E-state index in [1.54, 1.807) is 18.1 Å². The van der Waals surface area contributed by atoms with Crippen molar-refractivity contribution in [3.63, 3.8) is 0 Å². The fraction of sp³-hybridized carbons (Fsp3) is 0.556. The number of rotatable bonds is 4. The van der Waals surface area contributed by atoms with Crippen molar-refractivity contribution in [3.05, 3.63) is 35.6 Å². The summed E-state index contributed by atoms with van der Waals surface area (Å²) >= 11 is 0. The number of hydrogen-bond acceptors (Lipinski definition) is 4. The Morgan fingerprint density at radius 2 is 2.28 bits per heavy atom. The standard InChI is InChI=1S/C18H23FN2O4/c1-12(22)20-8-17(23)21-9-16(24-2)18(11-21)7-14(10-25-18)13-4-3-5-15(19)6-13/h3-6,14,16H,7-11H2,1-2H3,(H,20,22)/t14-,16+,18+/m0/s1. The maximum absolute atomic E-state index is 13.5. The molecule has 1 aromatic carbocycles. The van der Waals surface area contributed by atoms with E-state index in [1.165, 1.54) is 19.1 Å². The molecule has 1 aromatic rings. The molecule has 136 valence electrons. The topological polar surface area (TPSA) is 67.9 Å². The van der Waals surface area contributed by atoms with Crippen LogP contribution in [0.1, 0.15) is 24.8 Å². The fourth-order valence-corrected chi connectivity index (χ4v) is 3.76. The van der Waals surface area contributed by atoms with Crippen LogP contribution in [0.3, 0.4) is 0 Å². The van der Waals surface area contributed by atoms with E-state index in [2.05, 4.69) is 5.32 Å². The summed E-state index contributed by atoms with van der Waals surface area (Å²) in [5.74, 6) is -0.597. The van der Waals surface area contributed by atoms with Crippen molar-refractivity contribution in [2.24, 2.45) is 0 Å². The molecule has 2 aliphatic heterocycles. The first-order chi connectivity index (χ1) is 11.9. The average Bonchev–Trinajstić information content (AvgIpc) is 3.17.